The number of nitrogens with zero attached hydrogens (tertiary/aromatic N) is 3. The Morgan fingerprint density at radius 2 is 2.22 bits per heavy atom. The van der Waals surface area contributed by atoms with E-state index in [1.54, 1.807) is 10.9 Å². The standard InChI is InChI=1S/C11H11N3O4/c1-7(2)13-5-8(6-15)11(12-13)9-3-4-10(18-9)14(16)17/h3-7H,1-2H3. The topological polar surface area (TPSA) is 91.2 Å². The third-order valence-electron chi connectivity index (χ3n) is 2.42. The average molecular weight is 249 g/mol. The SMILES string of the molecule is CC(C)n1cc(C=O)c(-c2ccc([N+](=O)[O-])o2)n1. The molecule has 0 unspecified atom stereocenters. The molecular formula is C11H11N3O4. The smallest absolute Gasteiger partial charge is 0.399 e. The zero-order valence-electron chi connectivity index (χ0n) is 9.86. The van der Waals surface area contributed by atoms with Crippen LogP contribution < -0.4 is 0 Å². The molecule has 18 heavy (non-hydrogen) atoms. The van der Waals surface area contributed by atoms with Gasteiger partial charge in [0.25, 0.3) is 0 Å². The zero-order chi connectivity index (χ0) is 13.3. The fraction of sp³-hybridized carbons (Fsp3) is 0.273. The van der Waals surface area contributed by atoms with E-state index >= 15 is 0 Å². The number of rotatable bonds is 4. The number of aromatic nitrogens is 2. The average Bonchev–Trinajstić information content (AvgIpc) is 2.95. The number of furan rings is 1. The molecule has 7 heteroatoms. The summed E-state index contributed by atoms with van der Waals surface area (Å²) < 4.78 is 6.64. The van der Waals surface area contributed by atoms with Crippen molar-refractivity contribution < 1.29 is 14.1 Å². The predicted molar refractivity (Wildman–Crippen MR) is 62.4 cm³/mol. The number of carbonyl (C=O) groups is 1. The van der Waals surface area contributed by atoms with Crippen LogP contribution in [0.4, 0.5) is 5.88 Å². The van der Waals surface area contributed by atoms with Crippen LogP contribution in [0.3, 0.4) is 0 Å². The normalized spacial score (nSPS) is 10.8. The molecule has 0 amide bonds. The van der Waals surface area contributed by atoms with Crippen LogP contribution in [0.1, 0.15) is 30.2 Å². The number of carbonyl (C=O) groups excluding carboxylic acids is 1. The van der Waals surface area contributed by atoms with Crippen molar-refractivity contribution in [2.24, 2.45) is 0 Å². The first kappa shape index (κ1) is 12.0. The molecule has 0 aliphatic rings. The van der Waals surface area contributed by atoms with Gasteiger partial charge in [-0.05, 0) is 19.9 Å². The largest absolute Gasteiger partial charge is 0.433 e. The lowest BCUT2D eigenvalue weighted by molar-refractivity contribution is -0.401. The summed E-state index contributed by atoms with van der Waals surface area (Å²) >= 11 is 0. The molecule has 0 fully saturated rings. The van der Waals surface area contributed by atoms with Gasteiger partial charge in [0, 0.05) is 12.2 Å². The minimum Gasteiger partial charge on any atom is -0.399 e. The highest BCUT2D eigenvalue weighted by Gasteiger charge is 2.19. The molecule has 0 aromatic carbocycles. The van der Waals surface area contributed by atoms with Crippen LogP contribution >= 0.6 is 0 Å². The first-order chi connectivity index (χ1) is 8.52. The van der Waals surface area contributed by atoms with E-state index < -0.39 is 4.92 Å². The van der Waals surface area contributed by atoms with Gasteiger partial charge in [0.05, 0.1) is 11.6 Å². The van der Waals surface area contributed by atoms with E-state index in [4.69, 9.17) is 4.42 Å². The maximum Gasteiger partial charge on any atom is 0.433 e. The molecule has 0 bridgehead atoms. The third-order valence-corrected chi connectivity index (χ3v) is 2.42. The van der Waals surface area contributed by atoms with E-state index in [1.165, 1.54) is 12.1 Å². The van der Waals surface area contributed by atoms with Gasteiger partial charge >= 0.3 is 5.88 Å². The molecule has 0 spiro atoms. The molecular weight excluding hydrogens is 238 g/mol. The molecule has 0 atom stereocenters. The number of nitro groups is 1. The molecule has 0 saturated heterocycles. The Morgan fingerprint density at radius 3 is 2.72 bits per heavy atom. The van der Waals surface area contributed by atoms with Crippen LogP contribution in [0, 0.1) is 10.1 Å². The van der Waals surface area contributed by atoms with Gasteiger partial charge in [-0.15, -0.1) is 0 Å². The van der Waals surface area contributed by atoms with Crippen LogP contribution in [0.5, 0.6) is 0 Å². The second kappa shape index (κ2) is 4.44. The van der Waals surface area contributed by atoms with E-state index in [1.807, 2.05) is 13.8 Å². The molecule has 0 aliphatic heterocycles. The minimum atomic E-state index is -0.635. The Hall–Kier alpha value is -2.44. The molecule has 0 saturated carbocycles. The van der Waals surface area contributed by atoms with E-state index in [0.29, 0.717) is 17.5 Å². The van der Waals surface area contributed by atoms with Crippen molar-refractivity contribution in [1.29, 1.82) is 0 Å². The lowest BCUT2D eigenvalue weighted by atomic mass is 10.2. The highest BCUT2D eigenvalue weighted by molar-refractivity contribution is 5.84. The summed E-state index contributed by atoms with van der Waals surface area (Å²) in [6.45, 7) is 3.83. The van der Waals surface area contributed by atoms with Crippen LogP contribution in [0.2, 0.25) is 0 Å². The van der Waals surface area contributed by atoms with Gasteiger partial charge < -0.3 is 4.42 Å². The summed E-state index contributed by atoms with van der Waals surface area (Å²) in [7, 11) is 0. The molecule has 2 rings (SSSR count). The van der Waals surface area contributed by atoms with Gasteiger partial charge in [-0.1, -0.05) is 0 Å². The molecule has 2 aromatic rings. The van der Waals surface area contributed by atoms with Crippen LogP contribution in [-0.4, -0.2) is 21.0 Å². The monoisotopic (exact) mass is 249 g/mol. The van der Waals surface area contributed by atoms with E-state index in [9.17, 15) is 14.9 Å². The Balaban J connectivity index is 2.48. The summed E-state index contributed by atoms with van der Waals surface area (Å²) in [5, 5.41) is 14.7. The second-order valence-corrected chi connectivity index (χ2v) is 4.02. The first-order valence-corrected chi connectivity index (χ1v) is 5.32. The Kier molecular flexibility index (Phi) is 2.97. The first-order valence-electron chi connectivity index (χ1n) is 5.32. The van der Waals surface area contributed by atoms with Gasteiger partial charge in [-0.2, -0.15) is 5.10 Å². The molecule has 2 heterocycles. The van der Waals surface area contributed by atoms with Crippen molar-refractivity contribution in [3.63, 3.8) is 0 Å². The molecule has 2 aromatic heterocycles. The van der Waals surface area contributed by atoms with Gasteiger partial charge in [0.1, 0.15) is 10.6 Å². The Bertz CT molecular complexity index is 597. The molecule has 0 aliphatic carbocycles. The summed E-state index contributed by atoms with van der Waals surface area (Å²) in [4.78, 5) is 20.8. The number of aldehydes is 1. The lowest BCUT2D eigenvalue weighted by Crippen LogP contribution is -2.00. The van der Waals surface area contributed by atoms with Gasteiger partial charge in [-0.25, -0.2) is 0 Å². The minimum absolute atomic E-state index is 0.0856. The van der Waals surface area contributed by atoms with E-state index in [2.05, 4.69) is 5.10 Å². The Labute approximate surface area is 102 Å². The van der Waals surface area contributed by atoms with Crippen molar-refractivity contribution in [1.82, 2.24) is 9.78 Å². The molecule has 0 radical (unpaired) electrons. The molecule has 0 N–H and O–H groups in total. The van der Waals surface area contributed by atoms with E-state index in [0.717, 1.165) is 0 Å². The van der Waals surface area contributed by atoms with Gasteiger partial charge in [0.15, 0.2) is 12.0 Å². The summed E-state index contributed by atoms with van der Waals surface area (Å²) in [5.41, 5.74) is 0.653. The fourth-order valence-corrected chi connectivity index (χ4v) is 1.50. The van der Waals surface area contributed by atoms with Crippen LogP contribution in [-0.2, 0) is 0 Å². The highest BCUT2D eigenvalue weighted by atomic mass is 16.6. The fourth-order valence-electron chi connectivity index (χ4n) is 1.50. The van der Waals surface area contributed by atoms with Gasteiger partial charge in [-0.3, -0.25) is 19.6 Å². The maximum atomic E-state index is 10.9. The van der Waals surface area contributed by atoms with Crippen molar-refractivity contribution in [3.8, 4) is 11.5 Å². The number of hydrogen-bond acceptors (Lipinski definition) is 5. The second-order valence-electron chi connectivity index (χ2n) is 4.02. The van der Waals surface area contributed by atoms with E-state index in [-0.39, 0.29) is 17.7 Å². The quantitative estimate of drug-likeness (QED) is 0.471. The van der Waals surface area contributed by atoms with Crippen molar-refractivity contribution in [2.45, 2.75) is 19.9 Å². The third kappa shape index (κ3) is 2.02. The van der Waals surface area contributed by atoms with Crippen molar-refractivity contribution >= 4 is 12.2 Å². The summed E-state index contributed by atoms with van der Waals surface area (Å²) in [6, 6.07) is 2.75. The van der Waals surface area contributed by atoms with Crippen molar-refractivity contribution in [3.05, 3.63) is 34.0 Å². The lowest BCUT2D eigenvalue weighted by Gasteiger charge is -2.02. The van der Waals surface area contributed by atoms with Crippen molar-refractivity contribution in [2.75, 3.05) is 0 Å². The Morgan fingerprint density at radius 1 is 1.50 bits per heavy atom. The summed E-state index contributed by atoms with van der Waals surface area (Å²) in [6.07, 6.45) is 2.23. The molecule has 7 nitrogen and oxygen atoms in total. The molecule has 94 valence electrons. The summed E-state index contributed by atoms with van der Waals surface area (Å²) in [5.74, 6) is -0.163. The number of hydrogen-bond donors (Lipinski definition) is 0. The maximum absolute atomic E-state index is 10.9. The predicted octanol–water partition coefficient (Wildman–Crippen LogP) is 2.44. The van der Waals surface area contributed by atoms with Crippen LogP contribution in [0.25, 0.3) is 11.5 Å². The zero-order valence-corrected chi connectivity index (χ0v) is 9.86. The van der Waals surface area contributed by atoms with Crippen LogP contribution in [0.15, 0.2) is 22.7 Å². The highest BCUT2D eigenvalue weighted by Crippen LogP contribution is 2.27. The van der Waals surface area contributed by atoms with Gasteiger partial charge in [0.2, 0.25) is 0 Å².